The van der Waals surface area contributed by atoms with Crippen LogP contribution in [-0.4, -0.2) is 23.0 Å². The van der Waals surface area contributed by atoms with Crippen LogP contribution in [0, 0.1) is 23.2 Å². The standard InChI is InChI=1S/C23H26N2O3S/c1-14(2)25(22(26)18-8-4-15(3)5-9-18)19-12-20(29-21(19)23(27)28)17-10-6-16(13-24)7-11-17/h6-7,10-12,14-15,18H,4-5,8-9H2,1-3H3,(H,27,28). The van der Waals surface area contributed by atoms with Crippen LogP contribution in [-0.2, 0) is 4.79 Å². The minimum absolute atomic E-state index is 0.0265. The molecule has 0 bridgehead atoms. The molecule has 1 amide bonds. The van der Waals surface area contributed by atoms with Crippen molar-refractivity contribution in [3.8, 4) is 16.5 Å². The molecule has 152 valence electrons. The van der Waals surface area contributed by atoms with Gasteiger partial charge in [-0.15, -0.1) is 11.3 Å². The van der Waals surface area contributed by atoms with Crippen LogP contribution in [0.5, 0.6) is 0 Å². The molecule has 0 saturated heterocycles. The normalized spacial score (nSPS) is 19.0. The summed E-state index contributed by atoms with van der Waals surface area (Å²) in [5.41, 5.74) is 1.86. The molecule has 2 aromatic rings. The summed E-state index contributed by atoms with van der Waals surface area (Å²) in [6.45, 7) is 6.06. The molecule has 3 rings (SSSR count). The number of nitrogens with zero attached hydrogens (tertiary/aromatic N) is 2. The smallest absolute Gasteiger partial charge is 0.348 e. The lowest BCUT2D eigenvalue weighted by Crippen LogP contribution is -2.42. The van der Waals surface area contributed by atoms with Gasteiger partial charge in [0.2, 0.25) is 5.91 Å². The Hall–Kier alpha value is -2.65. The van der Waals surface area contributed by atoms with Crippen LogP contribution in [0.2, 0.25) is 0 Å². The molecule has 1 aromatic carbocycles. The van der Waals surface area contributed by atoms with Crippen LogP contribution >= 0.6 is 11.3 Å². The van der Waals surface area contributed by atoms with Gasteiger partial charge in [-0.25, -0.2) is 4.79 Å². The molecule has 0 atom stereocenters. The summed E-state index contributed by atoms with van der Waals surface area (Å²) in [5, 5.41) is 18.8. The summed E-state index contributed by atoms with van der Waals surface area (Å²) in [4.78, 5) is 27.9. The Morgan fingerprint density at radius 2 is 1.79 bits per heavy atom. The molecular weight excluding hydrogens is 384 g/mol. The second-order valence-electron chi connectivity index (χ2n) is 8.08. The van der Waals surface area contributed by atoms with Crippen molar-refractivity contribution in [3.05, 3.63) is 40.8 Å². The molecule has 0 spiro atoms. The number of rotatable bonds is 5. The molecular formula is C23H26N2O3S. The van der Waals surface area contributed by atoms with E-state index in [1.807, 2.05) is 26.0 Å². The zero-order chi connectivity index (χ0) is 21.1. The van der Waals surface area contributed by atoms with E-state index in [2.05, 4.69) is 13.0 Å². The molecule has 1 aromatic heterocycles. The first-order valence-corrected chi connectivity index (χ1v) is 10.8. The first kappa shape index (κ1) is 21.1. The second-order valence-corrected chi connectivity index (χ2v) is 9.13. The van der Waals surface area contributed by atoms with E-state index in [4.69, 9.17) is 5.26 Å². The van der Waals surface area contributed by atoms with Crippen LogP contribution in [0.3, 0.4) is 0 Å². The largest absolute Gasteiger partial charge is 0.477 e. The molecule has 1 fully saturated rings. The SMILES string of the molecule is CC1CCC(C(=O)N(c2cc(-c3ccc(C#N)cc3)sc2C(=O)O)C(C)C)CC1. The van der Waals surface area contributed by atoms with Gasteiger partial charge in [0.1, 0.15) is 4.88 Å². The molecule has 1 N–H and O–H groups in total. The summed E-state index contributed by atoms with van der Waals surface area (Å²) in [6.07, 6.45) is 3.79. The van der Waals surface area contributed by atoms with Crippen LogP contribution < -0.4 is 4.90 Å². The van der Waals surface area contributed by atoms with E-state index in [-0.39, 0.29) is 22.7 Å². The Labute approximate surface area is 175 Å². The fourth-order valence-corrected chi connectivity index (χ4v) is 4.91. The van der Waals surface area contributed by atoms with Crippen molar-refractivity contribution in [2.75, 3.05) is 4.90 Å². The first-order valence-electron chi connectivity index (χ1n) is 10.0. The third-order valence-corrected chi connectivity index (χ3v) is 6.75. The van der Waals surface area contributed by atoms with E-state index in [0.717, 1.165) is 36.1 Å². The lowest BCUT2D eigenvalue weighted by Gasteiger charge is -2.33. The van der Waals surface area contributed by atoms with Crippen molar-refractivity contribution in [3.63, 3.8) is 0 Å². The van der Waals surface area contributed by atoms with Crippen molar-refractivity contribution in [2.45, 2.75) is 52.5 Å². The number of hydrogen-bond donors (Lipinski definition) is 1. The van der Waals surface area contributed by atoms with E-state index in [1.165, 1.54) is 11.3 Å². The molecule has 1 saturated carbocycles. The molecule has 1 aliphatic carbocycles. The van der Waals surface area contributed by atoms with Crippen molar-refractivity contribution in [1.29, 1.82) is 5.26 Å². The third-order valence-electron chi connectivity index (χ3n) is 5.58. The summed E-state index contributed by atoms with van der Waals surface area (Å²) in [5.74, 6) is -0.405. The number of thiophene rings is 1. The molecule has 29 heavy (non-hydrogen) atoms. The van der Waals surface area contributed by atoms with E-state index in [0.29, 0.717) is 17.2 Å². The maximum absolute atomic E-state index is 13.4. The lowest BCUT2D eigenvalue weighted by atomic mass is 9.82. The predicted molar refractivity (Wildman–Crippen MR) is 115 cm³/mol. The number of carboxylic acids is 1. The number of hydrogen-bond acceptors (Lipinski definition) is 4. The van der Waals surface area contributed by atoms with E-state index >= 15 is 0 Å². The number of carbonyl (C=O) groups is 2. The number of carbonyl (C=O) groups excluding carboxylic acids is 1. The van der Waals surface area contributed by atoms with Crippen molar-refractivity contribution in [1.82, 2.24) is 0 Å². The number of nitriles is 1. The van der Waals surface area contributed by atoms with Gasteiger partial charge in [0.05, 0.1) is 17.3 Å². The Bertz CT molecular complexity index is 932. The van der Waals surface area contributed by atoms with Crippen LogP contribution in [0.4, 0.5) is 5.69 Å². The van der Waals surface area contributed by atoms with Gasteiger partial charge in [0.15, 0.2) is 0 Å². The average molecular weight is 411 g/mol. The van der Waals surface area contributed by atoms with Crippen LogP contribution in [0.25, 0.3) is 10.4 Å². The van der Waals surface area contributed by atoms with E-state index < -0.39 is 5.97 Å². The first-order chi connectivity index (χ1) is 13.8. The van der Waals surface area contributed by atoms with Gasteiger partial charge in [0, 0.05) is 16.8 Å². The van der Waals surface area contributed by atoms with Gasteiger partial charge in [-0.05, 0) is 69.2 Å². The Kier molecular flexibility index (Phi) is 6.39. The van der Waals surface area contributed by atoms with Crippen molar-refractivity contribution in [2.24, 2.45) is 11.8 Å². The maximum Gasteiger partial charge on any atom is 0.348 e. The predicted octanol–water partition coefficient (Wildman–Crippen LogP) is 5.55. The highest BCUT2D eigenvalue weighted by molar-refractivity contribution is 7.18. The van der Waals surface area contributed by atoms with Gasteiger partial charge in [-0.2, -0.15) is 5.26 Å². The van der Waals surface area contributed by atoms with Crippen LogP contribution in [0.15, 0.2) is 30.3 Å². The highest BCUT2D eigenvalue weighted by atomic mass is 32.1. The fourth-order valence-electron chi connectivity index (χ4n) is 3.92. The zero-order valence-corrected chi connectivity index (χ0v) is 17.8. The summed E-state index contributed by atoms with van der Waals surface area (Å²) < 4.78 is 0. The lowest BCUT2D eigenvalue weighted by molar-refractivity contribution is -0.123. The molecule has 6 heteroatoms. The summed E-state index contributed by atoms with van der Waals surface area (Å²) in [7, 11) is 0. The third kappa shape index (κ3) is 4.51. The summed E-state index contributed by atoms with van der Waals surface area (Å²) >= 11 is 1.17. The average Bonchev–Trinajstić information content (AvgIpc) is 3.13. The van der Waals surface area contributed by atoms with Gasteiger partial charge in [-0.1, -0.05) is 19.1 Å². The molecule has 0 aliphatic heterocycles. The Balaban J connectivity index is 1.99. The molecule has 5 nitrogen and oxygen atoms in total. The number of aromatic carboxylic acids is 1. The second kappa shape index (κ2) is 8.79. The molecule has 1 aliphatic rings. The minimum Gasteiger partial charge on any atom is -0.477 e. The van der Waals surface area contributed by atoms with Gasteiger partial charge in [0.25, 0.3) is 0 Å². The summed E-state index contributed by atoms with van der Waals surface area (Å²) in [6, 6.07) is 10.8. The fraction of sp³-hybridized carbons (Fsp3) is 0.435. The maximum atomic E-state index is 13.4. The number of carboxylic acid groups (broad SMARTS) is 1. The van der Waals surface area contributed by atoms with E-state index in [1.54, 1.807) is 23.1 Å². The zero-order valence-electron chi connectivity index (χ0n) is 17.0. The number of benzene rings is 1. The quantitative estimate of drug-likeness (QED) is 0.700. The highest BCUT2D eigenvalue weighted by Gasteiger charge is 2.33. The Morgan fingerprint density at radius 3 is 2.31 bits per heavy atom. The number of amides is 1. The Morgan fingerprint density at radius 1 is 1.17 bits per heavy atom. The molecule has 1 heterocycles. The van der Waals surface area contributed by atoms with Crippen molar-refractivity contribution < 1.29 is 14.7 Å². The van der Waals surface area contributed by atoms with Gasteiger partial charge < -0.3 is 10.0 Å². The van der Waals surface area contributed by atoms with Gasteiger partial charge in [-0.3, -0.25) is 4.79 Å². The minimum atomic E-state index is -1.03. The molecule has 0 unspecified atom stereocenters. The topological polar surface area (TPSA) is 81.4 Å². The van der Waals surface area contributed by atoms with Gasteiger partial charge >= 0.3 is 5.97 Å². The van der Waals surface area contributed by atoms with E-state index in [9.17, 15) is 14.7 Å². The van der Waals surface area contributed by atoms with Crippen molar-refractivity contribution >= 4 is 28.9 Å². The van der Waals surface area contributed by atoms with Crippen LogP contribution in [0.1, 0.15) is 61.7 Å². The highest BCUT2D eigenvalue weighted by Crippen LogP contribution is 2.39. The molecule has 0 radical (unpaired) electrons. The monoisotopic (exact) mass is 410 g/mol. The number of anilines is 1.